The number of hydrogen-bond acceptors (Lipinski definition) is 4. The average Bonchev–Trinajstić information content (AvgIpc) is 2.64. The molecular weight excluding hydrogens is 302 g/mol. The maximum atomic E-state index is 12.4. The zero-order valence-electron chi connectivity index (χ0n) is 13.1. The third kappa shape index (κ3) is 3.84. The highest BCUT2D eigenvalue weighted by molar-refractivity contribution is 6.18. The number of Topliss-reactive ketones (excluding diaryl/α,β-unsaturated/α-hetero) is 1. The number of aliphatic imine (C=N–C) groups is 1. The van der Waals surface area contributed by atoms with Gasteiger partial charge in [0.25, 0.3) is 0 Å². The van der Waals surface area contributed by atoms with Gasteiger partial charge in [-0.1, -0.05) is 60.7 Å². The minimum Gasteiger partial charge on any atom is -0.490 e. The van der Waals surface area contributed by atoms with Crippen LogP contribution in [0.5, 0.6) is 0 Å². The molecule has 2 aromatic rings. The van der Waals surface area contributed by atoms with E-state index in [2.05, 4.69) is 4.99 Å². The molecule has 1 aliphatic heterocycles. The maximum absolute atomic E-state index is 12.4. The third-order valence-corrected chi connectivity index (χ3v) is 3.68. The van der Waals surface area contributed by atoms with Crippen molar-refractivity contribution >= 4 is 17.3 Å². The molecule has 0 aliphatic carbocycles. The fourth-order valence-electron chi connectivity index (χ4n) is 2.45. The van der Waals surface area contributed by atoms with Crippen LogP contribution >= 0.6 is 0 Å². The fraction of sp³-hybridized carbons (Fsp3) is 0.150. The molecule has 0 radical (unpaired) electrons. The van der Waals surface area contributed by atoms with E-state index in [1.165, 1.54) is 6.08 Å². The van der Waals surface area contributed by atoms with Crippen molar-refractivity contribution in [1.82, 2.24) is 0 Å². The van der Waals surface area contributed by atoms with Crippen molar-refractivity contribution in [3.63, 3.8) is 0 Å². The molecule has 24 heavy (non-hydrogen) atoms. The monoisotopic (exact) mass is 319 g/mol. The van der Waals surface area contributed by atoms with Gasteiger partial charge >= 0.3 is 0 Å². The first-order chi connectivity index (χ1) is 11.7. The van der Waals surface area contributed by atoms with Crippen molar-refractivity contribution in [3.05, 3.63) is 83.6 Å². The van der Waals surface area contributed by atoms with E-state index in [1.54, 1.807) is 36.4 Å². The van der Waals surface area contributed by atoms with Crippen molar-refractivity contribution in [3.8, 4) is 0 Å². The highest BCUT2D eigenvalue weighted by atomic mass is 16.5. The van der Waals surface area contributed by atoms with Gasteiger partial charge < -0.3 is 4.74 Å². The maximum Gasteiger partial charge on any atom is 0.189 e. The Hall–Kier alpha value is -3.01. The summed E-state index contributed by atoms with van der Waals surface area (Å²) in [6, 6.07) is 18.0. The van der Waals surface area contributed by atoms with Crippen LogP contribution in [0.15, 0.2) is 77.5 Å². The predicted octanol–water partition coefficient (Wildman–Crippen LogP) is 3.50. The summed E-state index contributed by atoms with van der Waals surface area (Å²) in [5.41, 5.74) is 1.73. The smallest absolute Gasteiger partial charge is 0.189 e. The topological polar surface area (TPSA) is 55.7 Å². The molecule has 0 aromatic heterocycles. The highest BCUT2D eigenvalue weighted by Gasteiger charge is 2.19. The van der Waals surface area contributed by atoms with Gasteiger partial charge in [-0.2, -0.15) is 0 Å². The lowest BCUT2D eigenvalue weighted by atomic mass is 10.0. The zero-order chi connectivity index (χ0) is 16.8. The summed E-state index contributed by atoms with van der Waals surface area (Å²) in [5.74, 6) is 0.185. The quantitative estimate of drug-likeness (QED) is 0.626. The molecule has 0 saturated heterocycles. The number of carbonyl (C=O) groups excluding carboxylic acids is 2. The van der Waals surface area contributed by atoms with Crippen LogP contribution in [0.4, 0.5) is 0 Å². The van der Waals surface area contributed by atoms with E-state index in [4.69, 9.17) is 4.74 Å². The molecular formula is C20H17NO3. The first kappa shape index (κ1) is 15.9. The molecule has 0 N–H and O–H groups in total. The number of benzene rings is 2. The highest BCUT2D eigenvalue weighted by Crippen LogP contribution is 2.15. The number of nitrogens with zero attached hydrogens (tertiary/aromatic N) is 1. The Morgan fingerprint density at radius 1 is 0.958 bits per heavy atom. The van der Waals surface area contributed by atoms with E-state index in [-0.39, 0.29) is 18.0 Å². The van der Waals surface area contributed by atoms with Crippen molar-refractivity contribution in [2.24, 2.45) is 4.99 Å². The van der Waals surface area contributed by atoms with E-state index in [9.17, 15) is 9.59 Å². The molecule has 0 spiro atoms. The Morgan fingerprint density at radius 3 is 2.25 bits per heavy atom. The SMILES string of the molecule is O=C(/C=C1\OCCN=C1CC(=O)c1ccccc1)c1ccccc1. The molecule has 4 nitrogen and oxygen atoms in total. The molecule has 1 heterocycles. The molecule has 0 amide bonds. The van der Waals surface area contributed by atoms with Crippen LogP contribution in [0.2, 0.25) is 0 Å². The van der Waals surface area contributed by atoms with E-state index in [0.717, 1.165) is 0 Å². The lowest BCUT2D eigenvalue weighted by Gasteiger charge is -2.17. The Kier molecular flexibility index (Phi) is 4.96. The standard InChI is InChI=1S/C20H17NO3/c22-18(15-7-3-1-4-8-15)13-17-20(24-12-11-21-17)14-19(23)16-9-5-2-6-10-16/h1-10,14H,11-13H2/b20-14-. The largest absolute Gasteiger partial charge is 0.490 e. The summed E-state index contributed by atoms with van der Waals surface area (Å²) in [4.78, 5) is 29.1. The number of ketones is 2. The summed E-state index contributed by atoms with van der Waals surface area (Å²) in [7, 11) is 0. The Bertz CT molecular complexity index is 792. The molecule has 0 atom stereocenters. The minimum atomic E-state index is -0.160. The second-order valence-corrected chi connectivity index (χ2v) is 5.38. The molecule has 0 fully saturated rings. The summed E-state index contributed by atoms with van der Waals surface area (Å²) in [6.45, 7) is 0.908. The van der Waals surface area contributed by atoms with E-state index in [1.807, 2.05) is 24.3 Å². The summed E-state index contributed by atoms with van der Waals surface area (Å²) in [5, 5.41) is 0. The Balaban J connectivity index is 1.79. The number of ether oxygens (including phenoxy) is 1. The van der Waals surface area contributed by atoms with Gasteiger partial charge in [0.15, 0.2) is 11.6 Å². The van der Waals surface area contributed by atoms with Crippen LogP contribution in [0.1, 0.15) is 27.1 Å². The van der Waals surface area contributed by atoms with Crippen molar-refractivity contribution < 1.29 is 14.3 Å². The van der Waals surface area contributed by atoms with Gasteiger partial charge in [-0.15, -0.1) is 0 Å². The molecule has 120 valence electrons. The molecule has 0 unspecified atom stereocenters. The average molecular weight is 319 g/mol. The number of rotatable bonds is 5. The van der Waals surface area contributed by atoms with Crippen LogP contribution in [0.3, 0.4) is 0 Å². The molecule has 4 heteroatoms. The minimum absolute atomic E-state index is 0.0436. The normalized spacial score (nSPS) is 15.5. The van der Waals surface area contributed by atoms with Crippen LogP contribution in [0.25, 0.3) is 0 Å². The van der Waals surface area contributed by atoms with Gasteiger partial charge in [-0.3, -0.25) is 14.6 Å². The predicted molar refractivity (Wildman–Crippen MR) is 92.5 cm³/mol. The van der Waals surface area contributed by atoms with Crippen LogP contribution in [0, 0.1) is 0 Å². The zero-order valence-corrected chi connectivity index (χ0v) is 13.1. The molecule has 0 saturated carbocycles. The summed E-state index contributed by atoms with van der Waals surface area (Å²) in [6.07, 6.45) is 1.55. The van der Waals surface area contributed by atoms with Gasteiger partial charge in [0.1, 0.15) is 12.4 Å². The first-order valence-corrected chi connectivity index (χ1v) is 7.80. The molecule has 0 bridgehead atoms. The second-order valence-electron chi connectivity index (χ2n) is 5.38. The Morgan fingerprint density at radius 2 is 1.58 bits per heavy atom. The van der Waals surface area contributed by atoms with Gasteiger partial charge in [0, 0.05) is 17.2 Å². The summed E-state index contributed by atoms with van der Waals surface area (Å²) >= 11 is 0. The van der Waals surface area contributed by atoms with Crippen molar-refractivity contribution in [2.75, 3.05) is 13.2 Å². The fourth-order valence-corrected chi connectivity index (χ4v) is 2.45. The number of carbonyl (C=O) groups is 2. The van der Waals surface area contributed by atoms with E-state index in [0.29, 0.717) is 35.7 Å². The number of hydrogen-bond donors (Lipinski definition) is 0. The van der Waals surface area contributed by atoms with Crippen LogP contribution < -0.4 is 0 Å². The van der Waals surface area contributed by atoms with E-state index < -0.39 is 0 Å². The van der Waals surface area contributed by atoms with Crippen LogP contribution in [-0.4, -0.2) is 30.4 Å². The second kappa shape index (κ2) is 7.51. The van der Waals surface area contributed by atoms with Crippen LogP contribution in [-0.2, 0) is 4.74 Å². The number of allylic oxidation sites excluding steroid dienone is 2. The van der Waals surface area contributed by atoms with Gasteiger partial charge in [-0.05, 0) is 0 Å². The van der Waals surface area contributed by atoms with Gasteiger partial charge in [0.05, 0.1) is 18.7 Å². The lowest BCUT2D eigenvalue weighted by Crippen LogP contribution is -2.20. The Labute approximate surface area is 140 Å². The molecule has 3 rings (SSSR count). The summed E-state index contributed by atoms with van der Waals surface area (Å²) < 4.78 is 5.58. The molecule has 2 aromatic carbocycles. The molecule has 1 aliphatic rings. The van der Waals surface area contributed by atoms with Gasteiger partial charge in [0.2, 0.25) is 0 Å². The third-order valence-electron chi connectivity index (χ3n) is 3.68. The van der Waals surface area contributed by atoms with Gasteiger partial charge in [-0.25, -0.2) is 0 Å². The van der Waals surface area contributed by atoms with Crippen molar-refractivity contribution in [1.29, 1.82) is 0 Å². The first-order valence-electron chi connectivity index (χ1n) is 7.80. The van der Waals surface area contributed by atoms with Crippen molar-refractivity contribution in [2.45, 2.75) is 6.42 Å². The lowest BCUT2D eigenvalue weighted by molar-refractivity contribution is 0.0993. The van der Waals surface area contributed by atoms with E-state index >= 15 is 0 Å².